The van der Waals surface area contributed by atoms with Gasteiger partial charge in [-0.1, -0.05) is 12.1 Å². The quantitative estimate of drug-likeness (QED) is 0.862. The van der Waals surface area contributed by atoms with Gasteiger partial charge in [0.2, 0.25) is 0 Å². The van der Waals surface area contributed by atoms with E-state index >= 15 is 0 Å². The molecule has 2 amide bonds. The monoisotopic (exact) mass is 386 g/mol. The van der Waals surface area contributed by atoms with Crippen molar-refractivity contribution >= 4 is 11.7 Å². The summed E-state index contributed by atoms with van der Waals surface area (Å²) in [6, 6.07) is 4.55. The second-order valence-corrected chi connectivity index (χ2v) is 6.76. The molecule has 0 aliphatic carbocycles. The Bertz CT molecular complexity index is 627. The predicted octanol–water partition coefficient (Wildman–Crippen LogP) is 2.19. The standard InChI is InChI=1S/C18H25F3N4O2/c19-18(20,21)15-3-1-2-4-16(15)22-17(26)25-9-7-23(8-10-25)5-6-24-11-13-27-14-12-24/h1-4H,5-14H2,(H,22,26). The number of hydrogen-bond donors (Lipinski definition) is 1. The van der Waals surface area contributed by atoms with Gasteiger partial charge in [0.05, 0.1) is 24.5 Å². The summed E-state index contributed by atoms with van der Waals surface area (Å²) in [6.45, 7) is 7.77. The maximum absolute atomic E-state index is 13.0. The summed E-state index contributed by atoms with van der Waals surface area (Å²) < 4.78 is 44.5. The maximum Gasteiger partial charge on any atom is 0.418 e. The number of halogens is 3. The molecular formula is C18H25F3N4O2. The molecular weight excluding hydrogens is 361 g/mol. The van der Waals surface area contributed by atoms with Gasteiger partial charge in [0.25, 0.3) is 0 Å². The SMILES string of the molecule is O=C(Nc1ccccc1C(F)(F)F)N1CCN(CCN2CCOCC2)CC1. The van der Waals surface area contributed by atoms with E-state index in [9.17, 15) is 18.0 Å². The molecule has 0 aromatic heterocycles. The Kier molecular flexibility index (Phi) is 6.56. The van der Waals surface area contributed by atoms with E-state index in [1.165, 1.54) is 18.2 Å². The lowest BCUT2D eigenvalue weighted by Crippen LogP contribution is -2.52. The first kappa shape index (κ1) is 19.9. The van der Waals surface area contributed by atoms with E-state index in [2.05, 4.69) is 15.1 Å². The van der Waals surface area contributed by atoms with Crippen molar-refractivity contribution in [2.24, 2.45) is 0 Å². The van der Waals surface area contributed by atoms with Crippen molar-refractivity contribution < 1.29 is 22.7 Å². The van der Waals surface area contributed by atoms with Crippen LogP contribution in [0.4, 0.5) is 23.7 Å². The Morgan fingerprint density at radius 2 is 1.56 bits per heavy atom. The number of rotatable bonds is 4. The topological polar surface area (TPSA) is 48.1 Å². The van der Waals surface area contributed by atoms with Crippen LogP contribution in [0.15, 0.2) is 24.3 Å². The number of benzene rings is 1. The number of para-hydroxylation sites is 1. The highest BCUT2D eigenvalue weighted by molar-refractivity contribution is 5.90. The summed E-state index contributed by atoms with van der Waals surface area (Å²) in [5.74, 6) is 0. The molecule has 1 N–H and O–H groups in total. The first-order chi connectivity index (χ1) is 12.9. The molecule has 0 atom stereocenters. The second kappa shape index (κ2) is 8.90. The molecule has 1 aromatic rings. The minimum absolute atomic E-state index is 0.204. The Hall–Kier alpha value is -1.84. The molecule has 0 saturated carbocycles. The van der Waals surface area contributed by atoms with Crippen LogP contribution in [-0.4, -0.2) is 86.3 Å². The molecule has 3 rings (SSSR count). The van der Waals surface area contributed by atoms with E-state index in [4.69, 9.17) is 4.74 Å². The van der Waals surface area contributed by atoms with Gasteiger partial charge in [-0.25, -0.2) is 4.79 Å². The fourth-order valence-electron chi connectivity index (χ4n) is 3.32. The number of anilines is 1. The summed E-state index contributed by atoms with van der Waals surface area (Å²) in [7, 11) is 0. The number of piperazine rings is 1. The van der Waals surface area contributed by atoms with E-state index in [-0.39, 0.29) is 5.69 Å². The van der Waals surface area contributed by atoms with Crippen LogP contribution in [-0.2, 0) is 10.9 Å². The van der Waals surface area contributed by atoms with Gasteiger partial charge in [-0.15, -0.1) is 0 Å². The average Bonchev–Trinajstić information content (AvgIpc) is 2.67. The fraction of sp³-hybridized carbons (Fsp3) is 0.611. The molecule has 6 nitrogen and oxygen atoms in total. The van der Waals surface area contributed by atoms with Crippen LogP contribution in [0, 0.1) is 0 Å². The van der Waals surface area contributed by atoms with Crippen LogP contribution in [0.1, 0.15) is 5.56 Å². The van der Waals surface area contributed by atoms with Gasteiger partial charge in [0.15, 0.2) is 0 Å². The van der Waals surface area contributed by atoms with Crippen molar-refractivity contribution in [2.45, 2.75) is 6.18 Å². The Balaban J connectivity index is 1.46. The van der Waals surface area contributed by atoms with E-state index in [0.717, 1.165) is 58.5 Å². The third-order valence-corrected chi connectivity index (χ3v) is 4.97. The van der Waals surface area contributed by atoms with E-state index in [1.54, 1.807) is 4.90 Å². The number of nitrogens with one attached hydrogen (secondary N) is 1. The van der Waals surface area contributed by atoms with E-state index in [1.807, 2.05) is 0 Å². The molecule has 150 valence electrons. The molecule has 2 saturated heterocycles. The number of morpholine rings is 1. The number of carbonyl (C=O) groups is 1. The third-order valence-electron chi connectivity index (χ3n) is 4.97. The van der Waals surface area contributed by atoms with E-state index < -0.39 is 17.8 Å². The van der Waals surface area contributed by atoms with Crippen LogP contribution in [0.25, 0.3) is 0 Å². The second-order valence-electron chi connectivity index (χ2n) is 6.76. The molecule has 0 unspecified atom stereocenters. The highest BCUT2D eigenvalue weighted by Gasteiger charge is 2.34. The lowest BCUT2D eigenvalue weighted by atomic mass is 10.1. The predicted molar refractivity (Wildman–Crippen MR) is 95.7 cm³/mol. The van der Waals surface area contributed by atoms with Gasteiger partial charge in [-0.3, -0.25) is 9.80 Å². The lowest BCUT2D eigenvalue weighted by Gasteiger charge is -2.36. The summed E-state index contributed by atoms with van der Waals surface area (Å²) in [6.07, 6.45) is -4.50. The molecule has 1 aromatic carbocycles. The zero-order chi connectivity index (χ0) is 19.3. The van der Waals surface area contributed by atoms with Gasteiger partial charge in [0, 0.05) is 52.4 Å². The van der Waals surface area contributed by atoms with Crippen molar-refractivity contribution in [3.63, 3.8) is 0 Å². The van der Waals surface area contributed by atoms with Crippen LogP contribution in [0.3, 0.4) is 0 Å². The minimum atomic E-state index is -4.50. The van der Waals surface area contributed by atoms with Crippen LogP contribution in [0.5, 0.6) is 0 Å². The molecule has 9 heteroatoms. The summed E-state index contributed by atoms with van der Waals surface area (Å²) in [4.78, 5) is 18.6. The third kappa shape index (κ3) is 5.57. The number of amides is 2. The Morgan fingerprint density at radius 3 is 2.19 bits per heavy atom. The first-order valence-electron chi connectivity index (χ1n) is 9.18. The summed E-state index contributed by atoms with van der Waals surface area (Å²) >= 11 is 0. The van der Waals surface area contributed by atoms with Crippen molar-refractivity contribution in [2.75, 3.05) is 70.9 Å². The number of alkyl halides is 3. The number of ether oxygens (including phenoxy) is 1. The van der Waals surface area contributed by atoms with Gasteiger partial charge in [-0.05, 0) is 12.1 Å². The maximum atomic E-state index is 13.0. The van der Waals surface area contributed by atoms with Gasteiger partial charge in [0.1, 0.15) is 0 Å². The van der Waals surface area contributed by atoms with Gasteiger partial charge >= 0.3 is 12.2 Å². The summed E-state index contributed by atoms with van der Waals surface area (Å²) in [5, 5.41) is 2.41. The number of hydrogen-bond acceptors (Lipinski definition) is 4. The smallest absolute Gasteiger partial charge is 0.379 e. The highest BCUT2D eigenvalue weighted by Crippen LogP contribution is 2.34. The molecule has 0 bridgehead atoms. The minimum Gasteiger partial charge on any atom is -0.379 e. The average molecular weight is 386 g/mol. The molecule has 0 radical (unpaired) electrons. The summed E-state index contributed by atoms with van der Waals surface area (Å²) in [5.41, 5.74) is -1.03. The molecule has 2 aliphatic heterocycles. The largest absolute Gasteiger partial charge is 0.418 e. The van der Waals surface area contributed by atoms with Crippen LogP contribution < -0.4 is 5.32 Å². The number of urea groups is 1. The molecule has 0 spiro atoms. The Morgan fingerprint density at radius 1 is 0.963 bits per heavy atom. The van der Waals surface area contributed by atoms with Crippen LogP contribution >= 0.6 is 0 Å². The van der Waals surface area contributed by atoms with E-state index in [0.29, 0.717) is 13.1 Å². The molecule has 2 heterocycles. The van der Waals surface area contributed by atoms with Crippen molar-refractivity contribution in [3.05, 3.63) is 29.8 Å². The highest BCUT2D eigenvalue weighted by atomic mass is 19.4. The molecule has 2 aliphatic rings. The zero-order valence-corrected chi connectivity index (χ0v) is 15.2. The van der Waals surface area contributed by atoms with Gasteiger partial charge < -0.3 is 15.0 Å². The number of carbonyl (C=O) groups excluding carboxylic acids is 1. The molecule has 27 heavy (non-hydrogen) atoms. The van der Waals surface area contributed by atoms with Gasteiger partial charge in [-0.2, -0.15) is 13.2 Å². The number of nitrogens with zero attached hydrogens (tertiary/aromatic N) is 3. The van der Waals surface area contributed by atoms with Crippen LogP contribution in [0.2, 0.25) is 0 Å². The van der Waals surface area contributed by atoms with Crippen molar-refractivity contribution in [1.82, 2.24) is 14.7 Å². The Labute approximate surface area is 156 Å². The zero-order valence-electron chi connectivity index (χ0n) is 15.2. The normalized spacial score (nSPS) is 19.9. The fourth-order valence-corrected chi connectivity index (χ4v) is 3.32. The molecule has 2 fully saturated rings. The first-order valence-corrected chi connectivity index (χ1v) is 9.18. The van der Waals surface area contributed by atoms with Crippen molar-refractivity contribution in [1.29, 1.82) is 0 Å². The lowest BCUT2D eigenvalue weighted by molar-refractivity contribution is -0.136. The van der Waals surface area contributed by atoms with Crippen molar-refractivity contribution in [3.8, 4) is 0 Å².